The minimum atomic E-state index is -0.323. The average molecular weight is 307 g/mol. The fourth-order valence-electron chi connectivity index (χ4n) is 2.44. The zero-order valence-electron chi connectivity index (χ0n) is 11.8. The third-order valence-corrected chi connectivity index (χ3v) is 3.43. The van der Waals surface area contributed by atoms with E-state index in [2.05, 4.69) is 19.9 Å². The van der Waals surface area contributed by atoms with Crippen molar-refractivity contribution in [3.63, 3.8) is 0 Å². The van der Waals surface area contributed by atoms with Crippen molar-refractivity contribution in [2.45, 2.75) is 0 Å². The molecule has 4 aromatic rings. The molecule has 0 aliphatic carbocycles. The highest BCUT2D eigenvalue weighted by Crippen LogP contribution is 2.31. The number of hydrogen-bond donors (Lipinski definition) is 1. The van der Waals surface area contributed by atoms with E-state index >= 15 is 0 Å². The highest BCUT2D eigenvalue weighted by Gasteiger charge is 2.17. The molecule has 0 amide bonds. The van der Waals surface area contributed by atoms with Gasteiger partial charge in [-0.25, -0.2) is 14.4 Å². The summed E-state index contributed by atoms with van der Waals surface area (Å²) in [5.74, 6) is -0.319. The first-order chi connectivity index (χ1) is 11.2. The van der Waals surface area contributed by atoms with Crippen molar-refractivity contribution in [3.8, 4) is 28.7 Å². The maximum atomic E-state index is 13.2. The van der Waals surface area contributed by atoms with Gasteiger partial charge in [0.1, 0.15) is 5.82 Å². The molecule has 0 saturated carbocycles. The lowest BCUT2D eigenvalue weighted by Gasteiger charge is -2.05. The van der Waals surface area contributed by atoms with Crippen molar-refractivity contribution < 1.29 is 9.50 Å². The lowest BCUT2D eigenvalue weighted by Crippen LogP contribution is -1.93. The number of aromatic hydroxyl groups is 1. The number of halogens is 1. The third-order valence-electron chi connectivity index (χ3n) is 3.43. The van der Waals surface area contributed by atoms with Gasteiger partial charge in [-0.15, -0.1) is 0 Å². The van der Waals surface area contributed by atoms with Crippen molar-refractivity contribution in [2.75, 3.05) is 0 Å². The molecule has 0 aliphatic heterocycles. The zero-order valence-corrected chi connectivity index (χ0v) is 11.8. The van der Waals surface area contributed by atoms with Crippen LogP contribution in [0.15, 0.2) is 55.1 Å². The van der Waals surface area contributed by atoms with Gasteiger partial charge in [0, 0.05) is 24.2 Å². The molecule has 0 aliphatic rings. The highest BCUT2D eigenvalue weighted by molar-refractivity contribution is 5.80. The van der Waals surface area contributed by atoms with Crippen molar-refractivity contribution in [2.24, 2.45) is 0 Å². The standard InChI is InChI=1S/C16H10FN5O/c17-11-3-1-10(2-4-11)14-15(12-5-6-19-16(23)20-12)22-8-7-18-9-13(22)21-14/h1-9H,(H,19,20,23). The molecule has 4 rings (SSSR count). The second-order valence-electron chi connectivity index (χ2n) is 4.86. The van der Waals surface area contributed by atoms with Crippen LogP contribution in [-0.2, 0) is 0 Å². The Hall–Kier alpha value is -3.35. The summed E-state index contributed by atoms with van der Waals surface area (Å²) in [5, 5.41) is 9.57. The lowest BCUT2D eigenvalue weighted by atomic mass is 10.1. The van der Waals surface area contributed by atoms with Gasteiger partial charge in [0.05, 0.1) is 23.3 Å². The third kappa shape index (κ3) is 2.28. The van der Waals surface area contributed by atoms with Crippen molar-refractivity contribution in [1.29, 1.82) is 0 Å². The van der Waals surface area contributed by atoms with E-state index in [0.29, 0.717) is 22.7 Å². The molecule has 112 valence electrons. The number of aromatic nitrogens is 5. The molecule has 0 unspecified atom stereocenters. The van der Waals surface area contributed by atoms with Crippen LogP contribution < -0.4 is 0 Å². The van der Waals surface area contributed by atoms with Crippen LogP contribution in [0.3, 0.4) is 0 Å². The average Bonchev–Trinajstić information content (AvgIpc) is 2.95. The van der Waals surface area contributed by atoms with Gasteiger partial charge in [0.2, 0.25) is 0 Å². The molecule has 1 N–H and O–H groups in total. The van der Waals surface area contributed by atoms with E-state index in [0.717, 1.165) is 5.56 Å². The topological polar surface area (TPSA) is 76.2 Å². The Balaban J connectivity index is 2.04. The smallest absolute Gasteiger partial charge is 0.314 e. The van der Waals surface area contributed by atoms with Crippen LogP contribution in [0.25, 0.3) is 28.3 Å². The van der Waals surface area contributed by atoms with E-state index in [1.165, 1.54) is 18.3 Å². The summed E-state index contributed by atoms with van der Waals surface area (Å²) in [4.78, 5) is 16.4. The van der Waals surface area contributed by atoms with E-state index in [4.69, 9.17) is 0 Å². The normalized spacial score (nSPS) is 11.0. The first-order valence-corrected chi connectivity index (χ1v) is 6.83. The van der Waals surface area contributed by atoms with Crippen LogP contribution in [-0.4, -0.2) is 29.4 Å². The maximum absolute atomic E-state index is 13.2. The molecular weight excluding hydrogens is 297 g/mol. The monoisotopic (exact) mass is 307 g/mol. The summed E-state index contributed by atoms with van der Waals surface area (Å²) < 4.78 is 15.0. The number of fused-ring (bicyclic) bond motifs is 1. The second kappa shape index (κ2) is 5.13. The fourth-order valence-corrected chi connectivity index (χ4v) is 2.44. The molecule has 0 saturated heterocycles. The predicted molar refractivity (Wildman–Crippen MR) is 81.1 cm³/mol. The molecule has 0 bridgehead atoms. The molecule has 3 heterocycles. The van der Waals surface area contributed by atoms with Crippen LogP contribution in [0.1, 0.15) is 0 Å². The Kier molecular flexibility index (Phi) is 2.97. The minimum absolute atomic E-state index is 0.319. The number of rotatable bonds is 2. The SMILES string of the molecule is Oc1nccc(-c2c(-c3ccc(F)cc3)nc3cnccn23)n1. The molecule has 7 heteroatoms. The Labute approximate surface area is 130 Å². The summed E-state index contributed by atoms with van der Waals surface area (Å²) in [5.41, 5.74) is 3.17. The molecule has 0 atom stereocenters. The number of nitrogens with zero attached hydrogens (tertiary/aromatic N) is 5. The van der Waals surface area contributed by atoms with Crippen LogP contribution in [0, 0.1) is 5.82 Å². The van der Waals surface area contributed by atoms with E-state index in [9.17, 15) is 9.50 Å². The van der Waals surface area contributed by atoms with Gasteiger partial charge in [-0.3, -0.25) is 9.38 Å². The molecule has 23 heavy (non-hydrogen) atoms. The van der Waals surface area contributed by atoms with Crippen LogP contribution in [0.5, 0.6) is 6.01 Å². The van der Waals surface area contributed by atoms with Gasteiger partial charge in [0.15, 0.2) is 5.65 Å². The quantitative estimate of drug-likeness (QED) is 0.616. The van der Waals surface area contributed by atoms with E-state index in [-0.39, 0.29) is 11.8 Å². The molecule has 6 nitrogen and oxygen atoms in total. The number of hydrogen-bond acceptors (Lipinski definition) is 5. The Morgan fingerprint density at radius 1 is 1.00 bits per heavy atom. The van der Waals surface area contributed by atoms with Gasteiger partial charge in [-0.1, -0.05) is 0 Å². The summed E-state index contributed by atoms with van der Waals surface area (Å²) >= 11 is 0. The van der Waals surface area contributed by atoms with Crippen LogP contribution in [0.4, 0.5) is 4.39 Å². The summed E-state index contributed by atoms with van der Waals surface area (Å²) in [6.07, 6.45) is 6.47. The predicted octanol–water partition coefficient (Wildman–Crippen LogP) is 2.70. The van der Waals surface area contributed by atoms with Gasteiger partial charge in [-0.05, 0) is 30.3 Å². The molecule has 0 fully saturated rings. The largest absolute Gasteiger partial charge is 0.479 e. The second-order valence-corrected chi connectivity index (χ2v) is 4.86. The van der Waals surface area contributed by atoms with Gasteiger partial charge in [0.25, 0.3) is 0 Å². The zero-order chi connectivity index (χ0) is 15.8. The Bertz CT molecular complexity index is 997. The molecule has 0 radical (unpaired) electrons. The Morgan fingerprint density at radius 2 is 1.83 bits per heavy atom. The fraction of sp³-hybridized carbons (Fsp3) is 0. The lowest BCUT2D eigenvalue weighted by molar-refractivity contribution is 0.431. The minimum Gasteiger partial charge on any atom is -0.479 e. The molecular formula is C16H10FN5O. The summed E-state index contributed by atoms with van der Waals surface area (Å²) in [6.45, 7) is 0. The number of imidazole rings is 1. The van der Waals surface area contributed by atoms with Crippen molar-refractivity contribution in [3.05, 3.63) is 60.9 Å². The summed E-state index contributed by atoms with van der Waals surface area (Å²) in [7, 11) is 0. The van der Waals surface area contributed by atoms with E-state index in [1.54, 1.807) is 36.8 Å². The van der Waals surface area contributed by atoms with Crippen LogP contribution >= 0.6 is 0 Å². The van der Waals surface area contributed by atoms with Crippen molar-refractivity contribution >= 4 is 5.65 Å². The Morgan fingerprint density at radius 3 is 2.61 bits per heavy atom. The number of benzene rings is 1. The molecule has 3 aromatic heterocycles. The van der Waals surface area contributed by atoms with Crippen molar-refractivity contribution in [1.82, 2.24) is 24.3 Å². The van der Waals surface area contributed by atoms with E-state index < -0.39 is 0 Å². The van der Waals surface area contributed by atoms with Gasteiger partial charge in [-0.2, -0.15) is 4.98 Å². The first-order valence-electron chi connectivity index (χ1n) is 6.83. The first kappa shape index (κ1) is 13.3. The van der Waals surface area contributed by atoms with Gasteiger partial charge >= 0.3 is 6.01 Å². The maximum Gasteiger partial charge on any atom is 0.314 e. The summed E-state index contributed by atoms with van der Waals surface area (Å²) in [6, 6.07) is 7.40. The van der Waals surface area contributed by atoms with Gasteiger partial charge < -0.3 is 5.11 Å². The molecule has 1 aromatic carbocycles. The van der Waals surface area contributed by atoms with Crippen LogP contribution in [0.2, 0.25) is 0 Å². The molecule has 0 spiro atoms. The highest BCUT2D eigenvalue weighted by atomic mass is 19.1. The van der Waals surface area contributed by atoms with E-state index in [1.807, 2.05) is 4.40 Å².